The lowest BCUT2D eigenvalue weighted by molar-refractivity contribution is -0.121. The number of aromatic nitrogens is 4. The maximum Gasteiger partial charge on any atom is 0.233 e. The second kappa shape index (κ2) is 4.84. The number of nitrogens with zero attached hydrogens (tertiary/aromatic N) is 4. The summed E-state index contributed by atoms with van der Waals surface area (Å²) in [5.74, 6) is 0.635. The van der Waals surface area contributed by atoms with Gasteiger partial charge >= 0.3 is 0 Å². The third kappa shape index (κ3) is 2.43. The van der Waals surface area contributed by atoms with Gasteiger partial charge in [0.2, 0.25) is 11.7 Å². The SMILES string of the molecule is CNC(=O)CN1CCC=C(c2nn[nH]n2)C1. The Hall–Kier alpha value is -1.76. The summed E-state index contributed by atoms with van der Waals surface area (Å²) in [6.07, 6.45) is 2.99. The van der Waals surface area contributed by atoms with Crippen LogP contribution in [-0.2, 0) is 4.79 Å². The number of H-pyrrole nitrogens is 1. The molecule has 0 atom stereocenters. The van der Waals surface area contributed by atoms with Crippen molar-refractivity contribution >= 4 is 11.5 Å². The van der Waals surface area contributed by atoms with Crippen LogP contribution in [0, 0.1) is 0 Å². The molecule has 1 aromatic rings. The Morgan fingerprint density at radius 2 is 2.56 bits per heavy atom. The van der Waals surface area contributed by atoms with Gasteiger partial charge in [-0.3, -0.25) is 9.69 Å². The van der Waals surface area contributed by atoms with Crippen molar-refractivity contribution < 1.29 is 4.79 Å². The largest absolute Gasteiger partial charge is 0.358 e. The van der Waals surface area contributed by atoms with Gasteiger partial charge < -0.3 is 5.32 Å². The third-order valence-corrected chi connectivity index (χ3v) is 2.51. The fraction of sp³-hybridized carbons (Fsp3) is 0.556. The molecule has 0 radical (unpaired) electrons. The maximum atomic E-state index is 11.3. The third-order valence-electron chi connectivity index (χ3n) is 2.51. The number of hydrogen-bond acceptors (Lipinski definition) is 5. The van der Waals surface area contributed by atoms with Gasteiger partial charge in [0.25, 0.3) is 0 Å². The molecule has 86 valence electrons. The number of tetrazole rings is 1. The van der Waals surface area contributed by atoms with Crippen molar-refractivity contribution in [3.05, 3.63) is 11.9 Å². The van der Waals surface area contributed by atoms with E-state index in [0.717, 1.165) is 18.5 Å². The number of carbonyl (C=O) groups excluding carboxylic acids is 1. The number of amides is 1. The summed E-state index contributed by atoms with van der Waals surface area (Å²) in [6.45, 7) is 1.98. The predicted molar refractivity (Wildman–Crippen MR) is 57.3 cm³/mol. The molecule has 7 heteroatoms. The maximum absolute atomic E-state index is 11.3. The van der Waals surface area contributed by atoms with Gasteiger partial charge in [0.1, 0.15) is 0 Å². The highest BCUT2D eigenvalue weighted by Crippen LogP contribution is 2.16. The molecule has 0 aliphatic carbocycles. The number of rotatable bonds is 3. The Labute approximate surface area is 92.9 Å². The van der Waals surface area contributed by atoms with Crippen molar-refractivity contribution in [3.63, 3.8) is 0 Å². The average molecular weight is 222 g/mol. The highest BCUT2D eigenvalue weighted by atomic mass is 16.1. The van der Waals surface area contributed by atoms with Gasteiger partial charge in [-0.25, -0.2) is 0 Å². The van der Waals surface area contributed by atoms with Crippen LogP contribution >= 0.6 is 0 Å². The predicted octanol–water partition coefficient (Wildman–Crippen LogP) is -0.965. The van der Waals surface area contributed by atoms with Crippen LogP contribution < -0.4 is 5.32 Å². The topological polar surface area (TPSA) is 86.8 Å². The first-order valence-electron chi connectivity index (χ1n) is 5.15. The zero-order chi connectivity index (χ0) is 11.4. The second-order valence-electron chi connectivity index (χ2n) is 3.64. The highest BCUT2D eigenvalue weighted by Gasteiger charge is 2.18. The lowest BCUT2D eigenvalue weighted by Crippen LogP contribution is -2.38. The molecule has 0 unspecified atom stereocenters. The first kappa shape index (κ1) is 10.7. The van der Waals surface area contributed by atoms with Gasteiger partial charge in [-0.15, -0.1) is 10.2 Å². The van der Waals surface area contributed by atoms with Crippen molar-refractivity contribution in [2.45, 2.75) is 6.42 Å². The number of likely N-dealkylation sites (N-methyl/N-ethyl adjacent to an activating group) is 1. The Balaban J connectivity index is 1.98. The van der Waals surface area contributed by atoms with Gasteiger partial charge in [0.05, 0.1) is 6.54 Å². The molecule has 0 bridgehead atoms. The van der Waals surface area contributed by atoms with Crippen molar-refractivity contribution in [3.8, 4) is 0 Å². The van der Waals surface area contributed by atoms with Crippen molar-refractivity contribution in [1.82, 2.24) is 30.8 Å². The fourth-order valence-corrected chi connectivity index (χ4v) is 1.68. The summed E-state index contributed by atoms with van der Waals surface area (Å²) in [6, 6.07) is 0. The van der Waals surface area contributed by atoms with Gasteiger partial charge in [0.15, 0.2) is 0 Å². The Morgan fingerprint density at radius 1 is 1.69 bits per heavy atom. The molecule has 0 saturated heterocycles. The van der Waals surface area contributed by atoms with E-state index in [1.54, 1.807) is 7.05 Å². The number of carbonyl (C=O) groups is 1. The smallest absolute Gasteiger partial charge is 0.233 e. The van der Waals surface area contributed by atoms with E-state index >= 15 is 0 Å². The van der Waals surface area contributed by atoms with E-state index in [9.17, 15) is 4.79 Å². The van der Waals surface area contributed by atoms with E-state index in [-0.39, 0.29) is 5.91 Å². The molecule has 0 aromatic carbocycles. The first-order valence-corrected chi connectivity index (χ1v) is 5.15. The van der Waals surface area contributed by atoms with Crippen molar-refractivity contribution in [2.75, 3.05) is 26.7 Å². The minimum atomic E-state index is 0.0226. The second-order valence-corrected chi connectivity index (χ2v) is 3.64. The molecular weight excluding hydrogens is 208 g/mol. The van der Waals surface area contributed by atoms with Crippen LogP contribution in [0.15, 0.2) is 6.08 Å². The average Bonchev–Trinajstić information content (AvgIpc) is 2.83. The van der Waals surface area contributed by atoms with E-state index in [4.69, 9.17) is 0 Å². The van der Waals surface area contributed by atoms with Crippen LogP contribution in [0.3, 0.4) is 0 Å². The molecule has 2 heterocycles. The minimum Gasteiger partial charge on any atom is -0.358 e. The van der Waals surface area contributed by atoms with Gasteiger partial charge in [0, 0.05) is 25.7 Å². The van der Waals surface area contributed by atoms with Crippen LogP contribution in [0.2, 0.25) is 0 Å². The first-order chi connectivity index (χ1) is 7.79. The Bertz CT molecular complexity index is 385. The summed E-state index contributed by atoms with van der Waals surface area (Å²) in [7, 11) is 1.64. The summed E-state index contributed by atoms with van der Waals surface area (Å²) < 4.78 is 0. The van der Waals surface area contributed by atoms with Crippen LogP contribution in [-0.4, -0.2) is 58.1 Å². The van der Waals surface area contributed by atoms with Crippen LogP contribution in [0.25, 0.3) is 5.57 Å². The number of aromatic amines is 1. The molecule has 1 amide bonds. The zero-order valence-corrected chi connectivity index (χ0v) is 9.10. The normalized spacial score (nSPS) is 16.9. The lowest BCUT2D eigenvalue weighted by Gasteiger charge is -2.24. The van der Waals surface area contributed by atoms with E-state index < -0.39 is 0 Å². The highest BCUT2D eigenvalue weighted by molar-refractivity contribution is 5.78. The molecule has 1 aliphatic heterocycles. The molecule has 7 nitrogen and oxygen atoms in total. The van der Waals surface area contributed by atoms with Crippen LogP contribution in [0.5, 0.6) is 0 Å². The van der Waals surface area contributed by atoms with Gasteiger partial charge in [-0.2, -0.15) is 5.21 Å². The Morgan fingerprint density at radius 3 is 3.25 bits per heavy atom. The molecule has 1 aromatic heterocycles. The quantitative estimate of drug-likeness (QED) is 0.687. The van der Waals surface area contributed by atoms with Crippen LogP contribution in [0.4, 0.5) is 0 Å². The van der Waals surface area contributed by atoms with Crippen LogP contribution in [0.1, 0.15) is 12.2 Å². The van der Waals surface area contributed by atoms with E-state index in [1.807, 2.05) is 0 Å². The molecule has 16 heavy (non-hydrogen) atoms. The molecule has 2 rings (SSSR count). The molecule has 1 aliphatic rings. The molecule has 0 fully saturated rings. The minimum absolute atomic E-state index is 0.0226. The zero-order valence-electron chi connectivity index (χ0n) is 9.10. The van der Waals surface area contributed by atoms with Gasteiger partial charge in [-0.1, -0.05) is 6.08 Å². The number of nitrogens with one attached hydrogen (secondary N) is 2. The van der Waals surface area contributed by atoms with Crippen molar-refractivity contribution in [1.29, 1.82) is 0 Å². The summed E-state index contributed by atoms with van der Waals surface area (Å²) >= 11 is 0. The lowest BCUT2D eigenvalue weighted by atomic mass is 10.1. The number of hydrogen-bond donors (Lipinski definition) is 2. The Kier molecular flexibility index (Phi) is 3.25. The van der Waals surface area contributed by atoms with Crippen molar-refractivity contribution in [2.24, 2.45) is 0 Å². The van der Waals surface area contributed by atoms with E-state index in [2.05, 4.69) is 36.9 Å². The fourth-order valence-electron chi connectivity index (χ4n) is 1.68. The summed E-state index contributed by atoms with van der Waals surface area (Å²) in [4.78, 5) is 13.3. The summed E-state index contributed by atoms with van der Waals surface area (Å²) in [5, 5.41) is 16.4. The monoisotopic (exact) mass is 222 g/mol. The summed E-state index contributed by atoms with van der Waals surface area (Å²) in [5.41, 5.74) is 1.02. The van der Waals surface area contributed by atoms with Gasteiger partial charge in [-0.05, 0) is 11.6 Å². The molecular formula is C9H14N6O. The van der Waals surface area contributed by atoms with E-state index in [0.29, 0.717) is 18.9 Å². The van der Waals surface area contributed by atoms with E-state index in [1.165, 1.54) is 0 Å². The molecule has 2 N–H and O–H groups in total. The molecule has 0 spiro atoms. The standard InChI is InChI=1S/C9H14N6O/c1-10-8(16)6-15-4-2-3-7(5-15)9-11-13-14-12-9/h3H,2,4-6H2,1H3,(H,10,16)(H,11,12,13,14). The molecule has 0 saturated carbocycles.